The largest absolute Gasteiger partial charge is 0.525 e. The Morgan fingerprint density at radius 1 is 1.18 bits per heavy atom. The van der Waals surface area contributed by atoms with Gasteiger partial charge in [0, 0.05) is 12.0 Å². The van der Waals surface area contributed by atoms with E-state index in [0.717, 1.165) is 0 Å². The van der Waals surface area contributed by atoms with Crippen LogP contribution in [-0.2, 0) is 9.31 Å². The highest BCUT2D eigenvalue weighted by Crippen LogP contribution is 2.43. The number of hydrogen-bond donors (Lipinski definition) is 1. The molecule has 1 saturated heterocycles. The van der Waals surface area contributed by atoms with E-state index in [4.69, 9.17) is 14.0 Å². The van der Waals surface area contributed by atoms with E-state index in [-0.39, 0.29) is 5.75 Å². The van der Waals surface area contributed by atoms with Crippen molar-refractivity contribution in [3.8, 4) is 11.5 Å². The van der Waals surface area contributed by atoms with Gasteiger partial charge >= 0.3 is 7.12 Å². The molecule has 0 aliphatic carbocycles. The summed E-state index contributed by atoms with van der Waals surface area (Å²) in [5.41, 5.74) is -0.618. The number of phenols is 1. The lowest BCUT2D eigenvalue weighted by molar-refractivity contribution is 0.00578. The first-order valence-corrected chi connectivity index (χ1v) is 7.42. The average Bonchev–Trinajstić information content (AvgIpc) is 2.66. The topological polar surface area (TPSA) is 47.9 Å². The number of halogens is 1. The predicted molar refractivity (Wildman–Crippen MR) is 82.3 cm³/mol. The Kier molecular flexibility index (Phi) is 3.49. The van der Waals surface area contributed by atoms with Crippen LogP contribution in [0.5, 0.6) is 11.5 Å². The normalized spacial score (nSPS) is 24.7. The summed E-state index contributed by atoms with van der Waals surface area (Å²) in [5.74, 6) is 0.634. The van der Waals surface area contributed by atoms with Crippen LogP contribution in [0, 0.1) is 0 Å². The third-order valence-corrected chi connectivity index (χ3v) is 4.65. The number of ether oxygens (including phenoxy) is 1. The minimum Gasteiger partial charge on any atom is -0.508 e. The Bertz CT molecular complexity index is 623. The monoisotopic (exact) mass is 306 g/mol. The van der Waals surface area contributed by atoms with Gasteiger partial charge in [-0.05, 0) is 51.5 Å². The lowest BCUT2D eigenvalue weighted by Crippen LogP contribution is -2.41. The number of fused-ring (bicyclic) bond motifs is 1. The van der Waals surface area contributed by atoms with Gasteiger partial charge < -0.3 is 19.2 Å². The predicted octanol–water partition coefficient (Wildman–Crippen LogP) is 3.49. The van der Waals surface area contributed by atoms with Crippen LogP contribution in [-0.4, -0.2) is 30.0 Å². The summed E-state index contributed by atoms with van der Waals surface area (Å²) in [6.45, 7) is 7.92. The van der Waals surface area contributed by atoms with E-state index in [9.17, 15) is 9.50 Å². The molecule has 0 radical (unpaired) electrons. The zero-order valence-electron chi connectivity index (χ0n) is 13.3. The van der Waals surface area contributed by atoms with Crippen LogP contribution < -0.4 is 4.74 Å². The van der Waals surface area contributed by atoms with E-state index in [1.165, 1.54) is 12.1 Å². The molecule has 0 bridgehead atoms. The molecule has 6 heteroatoms. The molecule has 2 heterocycles. The van der Waals surface area contributed by atoms with Crippen LogP contribution in [0.4, 0.5) is 4.39 Å². The lowest BCUT2D eigenvalue weighted by Gasteiger charge is -2.32. The van der Waals surface area contributed by atoms with Gasteiger partial charge in [-0.1, -0.05) is 0 Å². The van der Waals surface area contributed by atoms with E-state index in [1.54, 1.807) is 6.07 Å². The quantitative estimate of drug-likeness (QED) is 0.807. The van der Waals surface area contributed by atoms with Crippen molar-refractivity contribution in [3.05, 3.63) is 29.5 Å². The molecule has 4 nitrogen and oxygen atoms in total. The third-order valence-electron chi connectivity index (χ3n) is 4.65. The Morgan fingerprint density at radius 3 is 2.45 bits per heavy atom. The highest BCUT2D eigenvalue weighted by Gasteiger charge is 2.53. The average molecular weight is 306 g/mol. The third kappa shape index (κ3) is 2.40. The maximum atomic E-state index is 15.0. The molecule has 0 atom stereocenters. The summed E-state index contributed by atoms with van der Waals surface area (Å²) >= 11 is 0. The standard InChI is InChI=1S/C16H20BFO4/c1-15(2)16(3,4)22-17(21-15)14(18)11-7-8-20-13-6-5-10(19)9-12(11)13/h5-6,9,19H,7-8H2,1-4H3. The fourth-order valence-electron chi connectivity index (χ4n) is 2.61. The van der Waals surface area contributed by atoms with Crippen LogP contribution in [0.1, 0.15) is 39.7 Å². The summed E-state index contributed by atoms with van der Waals surface area (Å²) < 4.78 is 32.0. The van der Waals surface area contributed by atoms with Crippen molar-refractivity contribution in [2.45, 2.75) is 45.3 Å². The summed E-state index contributed by atoms with van der Waals surface area (Å²) in [6, 6.07) is 4.67. The minimum atomic E-state index is -1.03. The molecule has 2 aliphatic rings. The van der Waals surface area contributed by atoms with Gasteiger partial charge in [-0.3, -0.25) is 0 Å². The number of benzene rings is 1. The SMILES string of the molecule is CC1(C)OB(C(F)=C2CCOc3ccc(O)cc32)OC1(C)C. The zero-order chi connectivity index (χ0) is 16.1. The Labute approximate surface area is 130 Å². The number of aromatic hydroxyl groups is 1. The van der Waals surface area contributed by atoms with Gasteiger partial charge in [0.05, 0.1) is 17.8 Å². The van der Waals surface area contributed by atoms with E-state index >= 15 is 0 Å². The second kappa shape index (κ2) is 5.00. The molecule has 0 saturated carbocycles. The number of hydrogen-bond acceptors (Lipinski definition) is 4. The molecule has 0 spiro atoms. The van der Waals surface area contributed by atoms with Crippen molar-refractivity contribution >= 4 is 12.7 Å². The van der Waals surface area contributed by atoms with E-state index in [2.05, 4.69) is 0 Å². The van der Waals surface area contributed by atoms with Crippen LogP contribution in [0.15, 0.2) is 23.9 Å². The molecule has 0 unspecified atom stereocenters. The molecule has 1 N–H and O–H groups in total. The van der Waals surface area contributed by atoms with E-state index < -0.39 is 24.0 Å². The van der Waals surface area contributed by atoms with E-state index in [0.29, 0.717) is 29.9 Å². The highest BCUT2D eigenvalue weighted by molar-refractivity contribution is 6.55. The first kappa shape index (κ1) is 15.4. The Morgan fingerprint density at radius 2 is 1.82 bits per heavy atom. The molecule has 1 fully saturated rings. The summed E-state index contributed by atoms with van der Waals surface area (Å²) in [4.78, 5) is 0. The smallest absolute Gasteiger partial charge is 0.508 e. The van der Waals surface area contributed by atoms with Gasteiger partial charge in [-0.2, -0.15) is 0 Å². The fraction of sp³-hybridized carbons (Fsp3) is 0.500. The maximum Gasteiger partial charge on any atom is 0.525 e. The second-order valence-corrected chi connectivity index (χ2v) is 6.69. The molecule has 22 heavy (non-hydrogen) atoms. The Hall–Kier alpha value is -1.53. The number of phenolic OH excluding ortho intramolecular Hbond substituents is 1. The first-order valence-electron chi connectivity index (χ1n) is 7.42. The molecule has 118 valence electrons. The first-order chi connectivity index (χ1) is 10.2. The molecular weight excluding hydrogens is 286 g/mol. The minimum absolute atomic E-state index is 0.0727. The lowest BCUT2D eigenvalue weighted by atomic mass is 9.81. The van der Waals surface area contributed by atoms with Gasteiger partial charge in [-0.15, -0.1) is 0 Å². The van der Waals surface area contributed by atoms with Crippen molar-refractivity contribution in [2.75, 3.05) is 6.61 Å². The molecule has 1 aromatic carbocycles. The van der Waals surface area contributed by atoms with Crippen molar-refractivity contribution in [1.82, 2.24) is 0 Å². The van der Waals surface area contributed by atoms with Gasteiger partial charge in [0.25, 0.3) is 0 Å². The molecule has 0 aromatic heterocycles. The van der Waals surface area contributed by atoms with Crippen molar-refractivity contribution < 1.29 is 23.5 Å². The van der Waals surface area contributed by atoms with E-state index in [1.807, 2.05) is 27.7 Å². The Balaban J connectivity index is 2.01. The highest BCUT2D eigenvalue weighted by atomic mass is 19.1. The second-order valence-electron chi connectivity index (χ2n) is 6.69. The van der Waals surface area contributed by atoms with Gasteiger partial charge in [0.15, 0.2) is 0 Å². The molecular formula is C16H20BFO4. The summed E-state index contributed by atoms with van der Waals surface area (Å²) in [6.07, 6.45) is 0.409. The van der Waals surface area contributed by atoms with Crippen molar-refractivity contribution in [2.24, 2.45) is 0 Å². The van der Waals surface area contributed by atoms with Crippen molar-refractivity contribution in [1.29, 1.82) is 0 Å². The van der Waals surface area contributed by atoms with Gasteiger partial charge in [-0.25, -0.2) is 4.39 Å². The van der Waals surface area contributed by atoms with Gasteiger partial charge in [0.1, 0.15) is 17.2 Å². The molecule has 3 rings (SSSR count). The summed E-state index contributed by atoms with van der Waals surface area (Å²) in [7, 11) is -1.03. The fourth-order valence-corrected chi connectivity index (χ4v) is 2.61. The van der Waals surface area contributed by atoms with Crippen LogP contribution in [0.25, 0.3) is 5.57 Å². The number of rotatable bonds is 1. The van der Waals surface area contributed by atoms with Crippen LogP contribution >= 0.6 is 0 Å². The molecule has 1 aromatic rings. The van der Waals surface area contributed by atoms with Crippen molar-refractivity contribution in [3.63, 3.8) is 0 Å². The molecule has 2 aliphatic heterocycles. The zero-order valence-corrected chi connectivity index (χ0v) is 13.3. The maximum absolute atomic E-state index is 15.0. The molecule has 0 amide bonds. The van der Waals surface area contributed by atoms with Crippen LogP contribution in [0.2, 0.25) is 0 Å². The van der Waals surface area contributed by atoms with Gasteiger partial charge in [0.2, 0.25) is 0 Å². The summed E-state index contributed by atoms with van der Waals surface area (Å²) in [5, 5.41) is 9.66. The van der Waals surface area contributed by atoms with Crippen LogP contribution in [0.3, 0.4) is 0 Å².